The lowest BCUT2D eigenvalue weighted by Gasteiger charge is -2.35. The third kappa shape index (κ3) is 2.83. The van der Waals surface area contributed by atoms with Gasteiger partial charge in [0.2, 0.25) is 5.91 Å². The molecule has 3 aromatic carbocycles. The van der Waals surface area contributed by atoms with Gasteiger partial charge in [-0.3, -0.25) is 19.7 Å². The third-order valence-corrected chi connectivity index (χ3v) is 7.10. The van der Waals surface area contributed by atoms with Gasteiger partial charge in [0, 0.05) is 18.0 Å². The molecule has 0 N–H and O–H groups in total. The smallest absolute Gasteiger partial charge is 0.332 e. The number of piperazine rings is 1. The van der Waals surface area contributed by atoms with Gasteiger partial charge in [0.15, 0.2) is 0 Å². The zero-order valence-corrected chi connectivity index (χ0v) is 18.0. The number of nitrogens with zero attached hydrogens (tertiary/aromatic N) is 4. The summed E-state index contributed by atoms with van der Waals surface area (Å²) >= 11 is 0. The minimum atomic E-state index is -0.736. The standard InChI is InChI=1S/C25H20N4O5/c30-22(12-15-6-2-1-3-7-15)26-14-16-13-21(26)23-24(31)28(25(32)27(16)23)19-10-11-20(29(33)34)18-9-5-4-8-17(18)19/h1-11,16,21,23H,12-14H2. The Hall–Kier alpha value is -4.27. The number of nitro benzene ring substituents is 1. The van der Waals surface area contributed by atoms with Gasteiger partial charge in [-0.25, -0.2) is 9.69 Å². The van der Waals surface area contributed by atoms with Crippen molar-refractivity contribution in [1.82, 2.24) is 9.80 Å². The molecule has 4 amide bonds. The van der Waals surface area contributed by atoms with Gasteiger partial charge in [-0.15, -0.1) is 0 Å². The Morgan fingerprint density at radius 3 is 2.41 bits per heavy atom. The molecule has 0 spiro atoms. The molecule has 3 unspecified atom stereocenters. The van der Waals surface area contributed by atoms with Gasteiger partial charge < -0.3 is 9.80 Å². The van der Waals surface area contributed by atoms with E-state index in [1.165, 1.54) is 12.1 Å². The number of carbonyl (C=O) groups excluding carboxylic acids is 3. The van der Waals surface area contributed by atoms with Crippen molar-refractivity contribution < 1.29 is 19.3 Å². The quantitative estimate of drug-likeness (QED) is 0.341. The second-order valence-corrected chi connectivity index (χ2v) is 8.88. The van der Waals surface area contributed by atoms with Gasteiger partial charge >= 0.3 is 6.03 Å². The number of urea groups is 1. The molecule has 3 atom stereocenters. The van der Waals surface area contributed by atoms with Crippen LogP contribution < -0.4 is 4.90 Å². The molecular weight excluding hydrogens is 436 g/mol. The van der Waals surface area contributed by atoms with Crippen molar-refractivity contribution >= 4 is 40.0 Å². The number of hydrogen-bond acceptors (Lipinski definition) is 5. The fraction of sp³-hybridized carbons (Fsp3) is 0.240. The van der Waals surface area contributed by atoms with Gasteiger partial charge in [0.25, 0.3) is 11.6 Å². The molecule has 3 fully saturated rings. The van der Waals surface area contributed by atoms with Crippen molar-refractivity contribution in [3.63, 3.8) is 0 Å². The largest absolute Gasteiger partial charge is 0.335 e. The Labute approximate surface area is 194 Å². The van der Waals surface area contributed by atoms with E-state index in [9.17, 15) is 24.5 Å². The van der Waals surface area contributed by atoms with Gasteiger partial charge in [-0.2, -0.15) is 0 Å². The number of hydrogen-bond donors (Lipinski definition) is 0. The van der Waals surface area contributed by atoms with Crippen molar-refractivity contribution in [2.24, 2.45) is 0 Å². The van der Waals surface area contributed by atoms with E-state index in [0.29, 0.717) is 29.4 Å². The van der Waals surface area contributed by atoms with E-state index >= 15 is 0 Å². The molecule has 3 aliphatic heterocycles. The van der Waals surface area contributed by atoms with Crippen LogP contribution in [0.5, 0.6) is 0 Å². The van der Waals surface area contributed by atoms with Crippen LogP contribution in [0, 0.1) is 10.1 Å². The summed E-state index contributed by atoms with van der Waals surface area (Å²) in [6.45, 7) is 0.403. The van der Waals surface area contributed by atoms with Crippen LogP contribution >= 0.6 is 0 Å². The van der Waals surface area contributed by atoms with E-state index in [-0.39, 0.29) is 30.1 Å². The molecule has 3 aliphatic rings. The van der Waals surface area contributed by atoms with Crippen LogP contribution in [0.2, 0.25) is 0 Å². The Kier molecular flexibility index (Phi) is 4.41. The summed E-state index contributed by atoms with van der Waals surface area (Å²) in [5.41, 5.74) is 1.14. The summed E-state index contributed by atoms with van der Waals surface area (Å²) in [5.74, 6) is -0.452. The molecule has 3 saturated heterocycles. The number of nitro groups is 1. The predicted octanol–water partition coefficient (Wildman–Crippen LogP) is 3.11. The number of anilines is 1. The lowest BCUT2D eigenvalue weighted by Crippen LogP contribution is -2.55. The lowest BCUT2D eigenvalue weighted by molar-refractivity contribution is -0.383. The summed E-state index contributed by atoms with van der Waals surface area (Å²) in [4.78, 5) is 55.5. The number of imide groups is 1. The Morgan fingerprint density at radius 1 is 0.971 bits per heavy atom. The molecule has 0 aliphatic carbocycles. The van der Waals surface area contributed by atoms with Crippen LogP contribution in [0.4, 0.5) is 16.2 Å². The van der Waals surface area contributed by atoms with Crippen molar-refractivity contribution in [3.8, 4) is 0 Å². The third-order valence-electron chi connectivity index (χ3n) is 7.10. The second-order valence-electron chi connectivity index (χ2n) is 8.88. The highest BCUT2D eigenvalue weighted by molar-refractivity contribution is 6.25. The van der Waals surface area contributed by atoms with Crippen LogP contribution in [-0.4, -0.2) is 57.2 Å². The van der Waals surface area contributed by atoms with Gasteiger partial charge in [0.1, 0.15) is 6.04 Å². The summed E-state index contributed by atoms with van der Waals surface area (Å²) in [7, 11) is 0. The molecule has 2 bridgehead atoms. The summed E-state index contributed by atoms with van der Waals surface area (Å²) in [6.07, 6.45) is 0.827. The highest BCUT2D eigenvalue weighted by Gasteiger charge is 2.62. The Morgan fingerprint density at radius 2 is 1.68 bits per heavy atom. The molecule has 9 heteroatoms. The van der Waals surface area contributed by atoms with Crippen LogP contribution in [0.1, 0.15) is 12.0 Å². The van der Waals surface area contributed by atoms with E-state index in [0.717, 1.165) is 10.5 Å². The maximum atomic E-state index is 13.6. The molecule has 3 heterocycles. The number of likely N-dealkylation sites (tertiary alicyclic amines) is 1. The van der Waals surface area contributed by atoms with E-state index in [1.807, 2.05) is 30.3 Å². The number of amides is 4. The molecule has 9 nitrogen and oxygen atoms in total. The van der Waals surface area contributed by atoms with Crippen molar-refractivity contribution in [3.05, 3.63) is 82.4 Å². The number of carbonyl (C=O) groups is 3. The first-order valence-corrected chi connectivity index (χ1v) is 11.1. The van der Waals surface area contributed by atoms with Gasteiger partial charge in [-0.05, 0) is 24.1 Å². The van der Waals surface area contributed by atoms with E-state index in [4.69, 9.17) is 0 Å². The molecule has 0 aromatic heterocycles. The van der Waals surface area contributed by atoms with Crippen LogP contribution in [-0.2, 0) is 16.0 Å². The Balaban J connectivity index is 1.33. The zero-order valence-electron chi connectivity index (χ0n) is 18.0. The SMILES string of the molecule is O=C1C2C3CC(CN3C(=O)Cc3ccccc3)N2C(=O)N1c1ccc([N+](=O)[O-])c2ccccc12. The predicted molar refractivity (Wildman–Crippen MR) is 123 cm³/mol. The van der Waals surface area contributed by atoms with E-state index < -0.39 is 22.9 Å². The van der Waals surface area contributed by atoms with Crippen LogP contribution in [0.25, 0.3) is 10.8 Å². The fourth-order valence-corrected chi connectivity index (χ4v) is 5.66. The summed E-state index contributed by atoms with van der Waals surface area (Å²) in [5, 5.41) is 12.3. The second kappa shape index (κ2) is 7.38. The molecule has 3 aromatic rings. The lowest BCUT2D eigenvalue weighted by atomic mass is 10.0. The molecule has 6 rings (SSSR count). The first kappa shape index (κ1) is 20.3. The fourth-order valence-electron chi connectivity index (χ4n) is 5.66. The van der Waals surface area contributed by atoms with Crippen molar-refractivity contribution in [2.45, 2.75) is 31.0 Å². The molecule has 34 heavy (non-hydrogen) atoms. The van der Waals surface area contributed by atoms with Crippen LogP contribution in [0.3, 0.4) is 0 Å². The van der Waals surface area contributed by atoms with Gasteiger partial charge in [0.05, 0.1) is 34.5 Å². The number of non-ortho nitro benzene ring substituents is 1. The molecule has 0 radical (unpaired) electrons. The zero-order chi connectivity index (χ0) is 23.6. The minimum Gasteiger partial charge on any atom is -0.335 e. The monoisotopic (exact) mass is 456 g/mol. The van der Waals surface area contributed by atoms with Gasteiger partial charge in [-0.1, -0.05) is 48.5 Å². The first-order valence-electron chi connectivity index (χ1n) is 11.1. The van der Waals surface area contributed by atoms with Crippen molar-refractivity contribution in [1.29, 1.82) is 0 Å². The average Bonchev–Trinajstić information content (AvgIpc) is 3.50. The Bertz CT molecular complexity index is 1370. The topological polar surface area (TPSA) is 104 Å². The maximum Gasteiger partial charge on any atom is 0.332 e. The number of fused-ring (bicyclic) bond motifs is 6. The molecule has 170 valence electrons. The highest BCUT2D eigenvalue weighted by Crippen LogP contribution is 2.44. The minimum absolute atomic E-state index is 0.0576. The number of benzene rings is 3. The molecule has 0 saturated carbocycles. The van der Waals surface area contributed by atoms with Crippen molar-refractivity contribution in [2.75, 3.05) is 11.4 Å². The maximum absolute atomic E-state index is 13.6. The average molecular weight is 456 g/mol. The van der Waals surface area contributed by atoms with Crippen LogP contribution in [0.15, 0.2) is 66.7 Å². The normalized spacial score (nSPS) is 23.2. The summed E-state index contributed by atoms with van der Waals surface area (Å²) in [6, 6.07) is 17.1. The summed E-state index contributed by atoms with van der Waals surface area (Å²) < 4.78 is 0. The van der Waals surface area contributed by atoms with E-state index in [1.54, 1.807) is 34.1 Å². The highest BCUT2D eigenvalue weighted by atomic mass is 16.6. The van der Waals surface area contributed by atoms with E-state index in [2.05, 4.69) is 0 Å². The first-order chi connectivity index (χ1) is 16.5. The molecular formula is C25H20N4O5. The number of rotatable bonds is 4.